The van der Waals surface area contributed by atoms with Gasteiger partial charge in [-0.15, -0.1) is 10.2 Å². The zero-order valence-corrected chi connectivity index (χ0v) is 21.4. The van der Waals surface area contributed by atoms with Crippen molar-refractivity contribution in [1.82, 2.24) is 20.2 Å². The number of amides is 1. The molecular formula is C27H25N5O4S. The lowest BCUT2D eigenvalue weighted by Crippen LogP contribution is -2.20. The second kappa shape index (κ2) is 12.0. The van der Waals surface area contributed by atoms with Gasteiger partial charge in [-0.1, -0.05) is 59.8 Å². The van der Waals surface area contributed by atoms with E-state index in [1.54, 1.807) is 18.2 Å². The molecular weight excluding hydrogens is 490 g/mol. The summed E-state index contributed by atoms with van der Waals surface area (Å²) in [5.74, 6) is 0.718. The van der Waals surface area contributed by atoms with Gasteiger partial charge in [-0.2, -0.15) is 5.10 Å². The summed E-state index contributed by atoms with van der Waals surface area (Å²) in [6.45, 7) is 3.34. The van der Waals surface area contributed by atoms with Crippen molar-refractivity contribution in [3.63, 3.8) is 0 Å². The van der Waals surface area contributed by atoms with Crippen molar-refractivity contribution in [3.05, 3.63) is 83.9 Å². The van der Waals surface area contributed by atoms with E-state index >= 15 is 0 Å². The zero-order valence-electron chi connectivity index (χ0n) is 20.5. The molecule has 0 bridgehead atoms. The van der Waals surface area contributed by atoms with Crippen LogP contribution in [0, 0.1) is 6.92 Å². The topological polar surface area (TPSA) is 108 Å². The van der Waals surface area contributed by atoms with E-state index in [0.29, 0.717) is 28.0 Å². The molecule has 0 radical (unpaired) electrons. The van der Waals surface area contributed by atoms with Crippen molar-refractivity contribution in [3.8, 4) is 28.6 Å². The van der Waals surface area contributed by atoms with Crippen LogP contribution < -0.4 is 14.9 Å². The number of rotatable bonds is 9. The van der Waals surface area contributed by atoms with Crippen LogP contribution in [-0.4, -0.2) is 45.7 Å². The first-order valence-corrected chi connectivity index (χ1v) is 12.3. The second-order valence-corrected chi connectivity index (χ2v) is 8.87. The Morgan fingerprint density at radius 2 is 1.78 bits per heavy atom. The molecule has 0 saturated heterocycles. The predicted molar refractivity (Wildman–Crippen MR) is 142 cm³/mol. The standard InChI is InChI=1S/C27H25N5O4S/c1-18-9-12-22(13-10-18)32-26(21-7-5-4-6-8-21)30-31-27(32)37-17-25(34)29-28-16-20-11-14-23(36-19(2)33)24(15-20)35-3/h4-16H,17H2,1-3H3,(H,29,34). The number of hydrogen-bond acceptors (Lipinski definition) is 8. The molecule has 10 heteroatoms. The van der Waals surface area contributed by atoms with Gasteiger partial charge in [-0.25, -0.2) is 5.43 Å². The van der Waals surface area contributed by atoms with E-state index in [2.05, 4.69) is 20.7 Å². The number of hydrogen-bond donors (Lipinski definition) is 1. The summed E-state index contributed by atoms with van der Waals surface area (Å²) in [6, 6.07) is 22.8. The SMILES string of the molecule is COc1cc(C=NNC(=O)CSc2nnc(-c3ccccc3)n2-c2ccc(C)cc2)ccc1OC(C)=O. The molecule has 4 rings (SSSR count). The van der Waals surface area contributed by atoms with Crippen LogP contribution in [0.5, 0.6) is 11.5 Å². The first kappa shape index (κ1) is 25.6. The highest BCUT2D eigenvalue weighted by Gasteiger charge is 2.17. The number of aryl methyl sites for hydroxylation is 1. The van der Waals surface area contributed by atoms with Crippen molar-refractivity contribution < 1.29 is 19.1 Å². The molecule has 37 heavy (non-hydrogen) atoms. The predicted octanol–water partition coefficient (Wildman–Crippen LogP) is 4.42. The Kier molecular flexibility index (Phi) is 8.32. The van der Waals surface area contributed by atoms with Crippen molar-refractivity contribution in [2.24, 2.45) is 5.10 Å². The normalized spacial score (nSPS) is 10.9. The molecule has 1 aromatic heterocycles. The van der Waals surface area contributed by atoms with Crippen LogP contribution in [-0.2, 0) is 9.59 Å². The Morgan fingerprint density at radius 1 is 1.03 bits per heavy atom. The average molecular weight is 516 g/mol. The number of esters is 1. The van der Waals surface area contributed by atoms with Crippen molar-refractivity contribution in [2.45, 2.75) is 19.0 Å². The van der Waals surface area contributed by atoms with Crippen molar-refractivity contribution in [2.75, 3.05) is 12.9 Å². The molecule has 9 nitrogen and oxygen atoms in total. The number of benzene rings is 3. The Hall–Kier alpha value is -4.44. The minimum Gasteiger partial charge on any atom is -0.493 e. The van der Waals surface area contributed by atoms with Crippen LogP contribution in [0.4, 0.5) is 0 Å². The van der Waals surface area contributed by atoms with E-state index in [0.717, 1.165) is 16.8 Å². The molecule has 0 aliphatic heterocycles. The van der Waals surface area contributed by atoms with Crippen LogP contribution >= 0.6 is 11.8 Å². The van der Waals surface area contributed by atoms with Crippen LogP contribution in [0.3, 0.4) is 0 Å². The molecule has 0 atom stereocenters. The summed E-state index contributed by atoms with van der Waals surface area (Å²) in [4.78, 5) is 23.7. The molecule has 3 aromatic carbocycles. The number of nitrogens with one attached hydrogen (secondary N) is 1. The smallest absolute Gasteiger partial charge is 0.308 e. The van der Waals surface area contributed by atoms with Crippen LogP contribution in [0.15, 0.2) is 83.1 Å². The fraction of sp³-hybridized carbons (Fsp3) is 0.148. The molecule has 0 saturated carbocycles. The van der Waals surface area contributed by atoms with E-state index in [-0.39, 0.29) is 11.7 Å². The lowest BCUT2D eigenvalue weighted by Gasteiger charge is -2.10. The Bertz CT molecular complexity index is 1420. The third kappa shape index (κ3) is 6.62. The van der Waals surface area contributed by atoms with E-state index in [9.17, 15) is 9.59 Å². The minimum absolute atomic E-state index is 0.0881. The van der Waals surface area contributed by atoms with Gasteiger partial charge in [0.1, 0.15) is 0 Å². The van der Waals surface area contributed by atoms with Gasteiger partial charge in [-0.05, 0) is 42.8 Å². The Morgan fingerprint density at radius 3 is 2.49 bits per heavy atom. The largest absolute Gasteiger partial charge is 0.493 e. The molecule has 188 valence electrons. The van der Waals surface area contributed by atoms with Gasteiger partial charge in [0.05, 0.1) is 19.1 Å². The van der Waals surface area contributed by atoms with Gasteiger partial charge in [0.25, 0.3) is 5.91 Å². The van der Waals surface area contributed by atoms with Gasteiger partial charge >= 0.3 is 5.97 Å². The summed E-state index contributed by atoms with van der Waals surface area (Å²) < 4.78 is 12.3. The maximum absolute atomic E-state index is 12.5. The number of ether oxygens (including phenoxy) is 2. The summed E-state index contributed by atoms with van der Waals surface area (Å²) in [5, 5.41) is 13.3. The third-order valence-electron chi connectivity index (χ3n) is 5.13. The number of carbonyl (C=O) groups excluding carboxylic acids is 2. The summed E-state index contributed by atoms with van der Waals surface area (Å²) in [7, 11) is 1.47. The number of carbonyl (C=O) groups is 2. The highest BCUT2D eigenvalue weighted by molar-refractivity contribution is 7.99. The van der Waals surface area contributed by atoms with Gasteiger partial charge in [0.15, 0.2) is 22.5 Å². The van der Waals surface area contributed by atoms with E-state index in [4.69, 9.17) is 9.47 Å². The van der Waals surface area contributed by atoms with Gasteiger partial charge in [0, 0.05) is 18.2 Å². The van der Waals surface area contributed by atoms with Crippen molar-refractivity contribution in [1.29, 1.82) is 0 Å². The number of nitrogens with zero attached hydrogens (tertiary/aromatic N) is 4. The molecule has 1 amide bonds. The quantitative estimate of drug-likeness (QED) is 0.116. The lowest BCUT2D eigenvalue weighted by molar-refractivity contribution is -0.132. The Labute approximate surface area is 218 Å². The van der Waals surface area contributed by atoms with E-state index in [1.165, 1.54) is 32.0 Å². The molecule has 0 unspecified atom stereocenters. The highest BCUT2D eigenvalue weighted by atomic mass is 32.2. The molecule has 1 heterocycles. The fourth-order valence-electron chi connectivity index (χ4n) is 3.41. The Balaban J connectivity index is 1.45. The fourth-order valence-corrected chi connectivity index (χ4v) is 4.15. The molecule has 4 aromatic rings. The number of thioether (sulfide) groups is 1. The zero-order chi connectivity index (χ0) is 26.2. The summed E-state index contributed by atoms with van der Waals surface area (Å²) in [5.41, 5.74) is 6.15. The summed E-state index contributed by atoms with van der Waals surface area (Å²) >= 11 is 1.26. The monoisotopic (exact) mass is 515 g/mol. The van der Waals surface area contributed by atoms with Crippen LogP contribution in [0.25, 0.3) is 17.1 Å². The lowest BCUT2D eigenvalue weighted by atomic mass is 10.2. The number of aromatic nitrogens is 3. The second-order valence-electron chi connectivity index (χ2n) is 7.93. The van der Waals surface area contributed by atoms with Crippen LogP contribution in [0.1, 0.15) is 18.1 Å². The molecule has 1 N–H and O–H groups in total. The van der Waals surface area contributed by atoms with Crippen molar-refractivity contribution >= 4 is 29.9 Å². The molecule has 0 spiro atoms. The van der Waals surface area contributed by atoms with E-state index < -0.39 is 5.97 Å². The highest BCUT2D eigenvalue weighted by Crippen LogP contribution is 2.29. The molecule has 0 fully saturated rings. The first-order valence-electron chi connectivity index (χ1n) is 11.3. The minimum atomic E-state index is -0.446. The maximum atomic E-state index is 12.5. The molecule has 0 aliphatic carbocycles. The number of methoxy groups -OCH3 is 1. The molecule has 0 aliphatic rings. The van der Waals surface area contributed by atoms with Gasteiger partial charge < -0.3 is 9.47 Å². The van der Waals surface area contributed by atoms with Gasteiger partial charge in [0.2, 0.25) is 0 Å². The van der Waals surface area contributed by atoms with Gasteiger partial charge in [-0.3, -0.25) is 14.2 Å². The van der Waals surface area contributed by atoms with E-state index in [1.807, 2.05) is 66.1 Å². The number of hydrazone groups is 1. The maximum Gasteiger partial charge on any atom is 0.308 e. The van der Waals surface area contributed by atoms with Crippen LogP contribution in [0.2, 0.25) is 0 Å². The average Bonchev–Trinajstić information content (AvgIpc) is 3.33. The third-order valence-corrected chi connectivity index (χ3v) is 6.06. The summed E-state index contributed by atoms with van der Waals surface area (Å²) in [6.07, 6.45) is 1.48. The first-order chi connectivity index (χ1) is 17.9.